The minimum Gasteiger partial charge on any atom is -0.494 e. The van der Waals surface area contributed by atoms with E-state index in [9.17, 15) is 28.3 Å². The summed E-state index contributed by atoms with van der Waals surface area (Å²) in [5.74, 6) is -1.73. The molecule has 0 saturated heterocycles. The number of methoxy groups -OCH3 is 1. The van der Waals surface area contributed by atoms with Crippen molar-refractivity contribution in [3.63, 3.8) is 0 Å². The monoisotopic (exact) mass is 736 g/mol. The molecule has 282 valence electrons. The van der Waals surface area contributed by atoms with Gasteiger partial charge in [0.05, 0.1) is 13.5 Å². The molecule has 0 aliphatic heterocycles. The number of rotatable bonds is 13. The van der Waals surface area contributed by atoms with Gasteiger partial charge in [-0.3, -0.25) is 14.4 Å². The normalized spacial score (nSPS) is 18.4. The number of nitrogens with one attached hydrogen (secondary N) is 1. The Morgan fingerprint density at radius 1 is 0.870 bits per heavy atom. The summed E-state index contributed by atoms with van der Waals surface area (Å²) in [7, 11) is 1.22. The second-order valence-corrected chi connectivity index (χ2v) is 14.4. The van der Waals surface area contributed by atoms with Gasteiger partial charge in [0.25, 0.3) is 5.91 Å². The number of benzene rings is 3. The van der Waals surface area contributed by atoms with E-state index in [0.717, 1.165) is 47.3 Å². The number of nitrogens with zero attached hydrogens (tertiary/aromatic N) is 3. The van der Waals surface area contributed by atoms with Crippen LogP contribution < -0.4 is 10.1 Å². The van der Waals surface area contributed by atoms with E-state index in [1.54, 1.807) is 0 Å². The Bertz CT molecular complexity index is 1980. The molecule has 9 nitrogen and oxygen atoms in total. The third-order valence-corrected chi connectivity index (χ3v) is 10.9. The van der Waals surface area contributed by atoms with E-state index < -0.39 is 42.4 Å². The Balaban J connectivity index is 1.04. The number of carbonyl (C=O) groups excluding carboxylic acids is 2. The minimum atomic E-state index is -1.17. The molecule has 0 spiro atoms. The van der Waals surface area contributed by atoms with Crippen molar-refractivity contribution in [2.24, 2.45) is 17.8 Å². The lowest BCUT2D eigenvalue weighted by atomic mass is 9.71. The van der Waals surface area contributed by atoms with Crippen molar-refractivity contribution in [1.82, 2.24) is 14.9 Å². The number of allylic oxidation sites excluding steroid dienone is 2. The molecule has 11 heteroatoms. The smallest absolute Gasteiger partial charge is 0.323 e. The zero-order valence-corrected chi connectivity index (χ0v) is 30.7. The zero-order valence-electron chi connectivity index (χ0n) is 30.7. The van der Waals surface area contributed by atoms with E-state index in [1.165, 1.54) is 92.5 Å². The van der Waals surface area contributed by atoms with E-state index in [0.29, 0.717) is 11.5 Å². The van der Waals surface area contributed by atoms with E-state index in [-0.39, 0.29) is 23.4 Å². The van der Waals surface area contributed by atoms with Gasteiger partial charge < -0.3 is 20.1 Å². The van der Waals surface area contributed by atoms with Gasteiger partial charge in [-0.25, -0.2) is 14.4 Å². The number of aromatic nitrogens is 2. The average Bonchev–Trinajstić information content (AvgIpc) is 3.20. The first kappa shape index (κ1) is 38.3. The number of carboxylic acids is 1. The molecule has 0 bridgehead atoms. The maximum Gasteiger partial charge on any atom is 0.323 e. The molecule has 1 aromatic heterocycles. The lowest BCUT2D eigenvalue weighted by molar-refractivity contribution is -0.137. The average molecular weight is 737 g/mol. The van der Waals surface area contributed by atoms with Crippen LogP contribution in [0.1, 0.15) is 85.3 Å². The Morgan fingerprint density at radius 2 is 1.57 bits per heavy atom. The number of amides is 2. The quantitative estimate of drug-likeness (QED) is 0.141. The van der Waals surface area contributed by atoms with E-state index in [2.05, 4.69) is 28.3 Å². The highest BCUT2D eigenvalue weighted by Crippen LogP contribution is 2.41. The van der Waals surface area contributed by atoms with Crippen LogP contribution in [-0.4, -0.2) is 51.4 Å². The van der Waals surface area contributed by atoms with Gasteiger partial charge in [-0.05, 0) is 91.3 Å². The van der Waals surface area contributed by atoms with Gasteiger partial charge in [0, 0.05) is 46.9 Å². The molecule has 1 atom stereocenters. The number of carboxylic acid groups (broad SMARTS) is 1. The summed E-state index contributed by atoms with van der Waals surface area (Å²) in [6, 6.07) is 15.8. The van der Waals surface area contributed by atoms with Crippen molar-refractivity contribution < 1.29 is 33.0 Å². The molecule has 6 rings (SSSR count). The first-order valence-electron chi connectivity index (χ1n) is 18.6. The molecule has 54 heavy (non-hydrogen) atoms. The Kier molecular flexibility index (Phi) is 12.5. The van der Waals surface area contributed by atoms with Gasteiger partial charge in [0.2, 0.25) is 11.7 Å². The molecule has 2 N–H and O–H groups in total. The number of ether oxygens (including phenoxy) is 1. The van der Waals surface area contributed by atoms with Crippen LogP contribution in [0.15, 0.2) is 79.1 Å². The SMILES string of the molecule is CC[C@H]1CC[C@H](C2CC=C(c3cnc(-c4ccc(CN(CC(=O)O)C(=O)c5ccc(NC(=O)Cc6ccc(OC)c(F)c6F)cc5)cc4)nc3)CC2)CC1. The molecule has 3 aromatic carbocycles. The number of anilines is 1. The van der Waals surface area contributed by atoms with Crippen LogP contribution in [0.2, 0.25) is 0 Å². The number of halogens is 2. The van der Waals surface area contributed by atoms with E-state index in [1.807, 2.05) is 36.7 Å². The fraction of sp³-hybridized carbons (Fsp3) is 0.372. The summed E-state index contributed by atoms with van der Waals surface area (Å²) in [5.41, 5.74) is 4.30. The molecular formula is C43H46F2N4O5. The molecule has 0 radical (unpaired) electrons. The van der Waals surface area contributed by atoms with Gasteiger partial charge >= 0.3 is 5.97 Å². The lowest BCUT2D eigenvalue weighted by Crippen LogP contribution is -2.35. The second-order valence-electron chi connectivity index (χ2n) is 14.4. The number of hydrogen-bond acceptors (Lipinski definition) is 6. The third-order valence-electron chi connectivity index (χ3n) is 10.9. The molecule has 2 amide bonds. The van der Waals surface area contributed by atoms with Gasteiger partial charge in [-0.15, -0.1) is 0 Å². The number of aliphatic carboxylic acids is 1. The largest absolute Gasteiger partial charge is 0.494 e. The third kappa shape index (κ3) is 9.37. The summed E-state index contributed by atoms with van der Waals surface area (Å²) < 4.78 is 33.1. The Hall–Kier alpha value is -5.45. The second kappa shape index (κ2) is 17.6. The van der Waals surface area contributed by atoms with Crippen molar-refractivity contribution in [2.45, 2.75) is 71.3 Å². The standard InChI is InChI=1S/C43H46F2N4O5/c1-3-27-4-8-29(9-5-27)30-12-14-31(15-13-30)35-23-46-42(47-24-35)32-10-6-28(7-11-32)25-49(26-39(51)52)43(53)33-16-19-36(20-17-33)48-38(50)22-34-18-21-37(54-2)41(45)40(34)44/h6-7,10-11,14,16-21,23-24,27,29-30H,3-5,8-9,12-13,15,22,25-26H2,1-2H3,(H,48,50)(H,51,52)/t27-,29-,30?. The summed E-state index contributed by atoms with van der Waals surface area (Å²) in [4.78, 5) is 48.2. The molecule has 4 aromatic rings. The molecular weight excluding hydrogens is 690 g/mol. The highest BCUT2D eigenvalue weighted by atomic mass is 19.2. The van der Waals surface area contributed by atoms with Crippen LogP contribution in [0.3, 0.4) is 0 Å². The summed E-state index contributed by atoms with van der Waals surface area (Å²) >= 11 is 0. The first-order chi connectivity index (χ1) is 26.1. The molecule has 2 aliphatic carbocycles. The highest BCUT2D eigenvalue weighted by molar-refractivity contribution is 5.97. The van der Waals surface area contributed by atoms with E-state index >= 15 is 0 Å². The maximum absolute atomic E-state index is 14.3. The molecule has 1 fully saturated rings. The minimum absolute atomic E-state index is 0.0445. The van der Waals surface area contributed by atoms with Gasteiger partial charge in [0.15, 0.2) is 17.4 Å². The van der Waals surface area contributed by atoms with Crippen molar-refractivity contribution in [1.29, 1.82) is 0 Å². The van der Waals surface area contributed by atoms with Crippen LogP contribution in [0.25, 0.3) is 17.0 Å². The summed E-state index contributed by atoms with van der Waals surface area (Å²) in [6.45, 7) is 1.83. The first-order valence-corrected chi connectivity index (χ1v) is 18.6. The molecule has 1 saturated carbocycles. The predicted octanol–water partition coefficient (Wildman–Crippen LogP) is 8.74. The number of carbonyl (C=O) groups is 3. The van der Waals surface area contributed by atoms with Crippen LogP contribution in [0.4, 0.5) is 14.5 Å². The van der Waals surface area contributed by atoms with Crippen LogP contribution in [-0.2, 0) is 22.6 Å². The van der Waals surface area contributed by atoms with Crippen molar-refractivity contribution in [3.8, 4) is 17.1 Å². The van der Waals surface area contributed by atoms with Crippen LogP contribution in [0, 0.1) is 29.4 Å². The predicted molar refractivity (Wildman–Crippen MR) is 203 cm³/mol. The summed E-state index contributed by atoms with van der Waals surface area (Å²) in [6.07, 6.45) is 16.0. The topological polar surface area (TPSA) is 122 Å². The van der Waals surface area contributed by atoms with Gasteiger partial charge in [0.1, 0.15) is 6.54 Å². The Labute approximate surface area is 314 Å². The zero-order chi connectivity index (χ0) is 38.2. The van der Waals surface area contributed by atoms with Crippen LogP contribution in [0.5, 0.6) is 5.75 Å². The number of hydrogen-bond donors (Lipinski definition) is 2. The van der Waals surface area contributed by atoms with E-state index in [4.69, 9.17) is 4.74 Å². The summed E-state index contributed by atoms with van der Waals surface area (Å²) in [5, 5.41) is 12.2. The van der Waals surface area contributed by atoms with Crippen molar-refractivity contribution >= 4 is 29.0 Å². The Morgan fingerprint density at radius 3 is 2.19 bits per heavy atom. The molecule has 2 aliphatic rings. The van der Waals surface area contributed by atoms with Crippen molar-refractivity contribution in [3.05, 3.63) is 113 Å². The lowest BCUT2D eigenvalue weighted by Gasteiger charge is -2.35. The van der Waals surface area contributed by atoms with Crippen LogP contribution >= 0.6 is 0 Å². The van der Waals surface area contributed by atoms with Gasteiger partial charge in [-0.2, -0.15) is 4.39 Å². The maximum atomic E-state index is 14.3. The highest BCUT2D eigenvalue weighted by Gasteiger charge is 2.28. The fourth-order valence-corrected chi connectivity index (χ4v) is 7.72. The fourth-order valence-electron chi connectivity index (χ4n) is 7.72. The van der Waals surface area contributed by atoms with Crippen molar-refractivity contribution in [2.75, 3.05) is 19.0 Å². The van der Waals surface area contributed by atoms with Gasteiger partial charge in [-0.1, -0.05) is 62.6 Å². The molecule has 1 unspecified atom stereocenters. The molecule has 1 heterocycles.